The van der Waals surface area contributed by atoms with Gasteiger partial charge in [0.15, 0.2) is 5.13 Å². The second kappa shape index (κ2) is 8.71. The van der Waals surface area contributed by atoms with E-state index < -0.39 is 6.04 Å². The number of amides is 2. The van der Waals surface area contributed by atoms with Crippen LogP contribution in [0.3, 0.4) is 0 Å². The molecule has 28 heavy (non-hydrogen) atoms. The summed E-state index contributed by atoms with van der Waals surface area (Å²) in [5.74, 6) is -0.0498. The molecule has 0 fully saturated rings. The van der Waals surface area contributed by atoms with Crippen LogP contribution in [0.2, 0.25) is 0 Å². The maximum Gasteiger partial charge on any atom is 0.260 e. The topological polar surface area (TPSA) is 92.4 Å². The molecule has 3 N–H and O–H groups in total. The van der Waals surface area contributed by atoms with Gasteiger partial charge in [0.05, 0.1) is 23.7 Å². The van der Waals surface area contributed by atoms with Crippen LogP contribution in [0.5, 0.6) is 5.75 Å². The second-order valence-electron chi connectivity index (χ2n) is 6.38. The van der Waals surface area contributed by atoms with Crippen LogP contribution in [0.15, 0.2) is 42.5 Å². The highest BCUT2D eigenvalue weighted by atomic mass is 32.1. The maximum absolute atomic E-state index is 12.3. The number of rotatable bonds is 6. The molecule has 1 heterocycles. The molecule has 8 heteroatoms. The van der Waals surface area contributed by atoms with Gasteiger partial charge in [0.25, 0.3) is 5.91 Å². The fraction of sp³-hybridized carbons (Fsp3) is 0.250. The molecule has 0 radical (unpaired) electrons. The number of para-hydroxylation sites is 1. The average Bonchev–Trinajstić information content (AvgIpc) is 3.08. The third kappa shape index (κ3) is 4.77. The molecule has 1 atom stereocenters. The lowest BCUT2D eigenvalue weighted by molar-refractivity contribution is -0.128. The van der Waals surface area contributed by atoms with Crippen LogP contribution in [0, 0.1) is 6.92 Å². The molecule has 0 saturated carbocycles. The van der Waals surface area contributed by atoms with Crippen molar-refractivity contribution in [3.05, 3.63) is 53.6 Å². The largest absolute Gasteiger partial charge is 0.496 e. The highest BCUT2D eigenvalue weighted by Crippen LogP contribution is 2.25. The van der Waals surface area contributed by atoms with E-state index in [2.05, 4.69) is 21.2 Å². The number of ether oxygens (including phenoxy) is 1. The van der Waals surface area contributed by atoms with Gasteiger partial charge in [0, 0.05) is 5.56 Å². The van der Waals surface area contributed by atoms with E-state index in [0.717, 1.165) is 21.3 Å². The Kier molecular flexibility index (Phi) is 6.10. The van der Waals surface area contributed by atoms with E-state index in [4.69, 9.17) is 4.74 Å². The summed E-state index contributed by atoms with van der Waals surface area (Å²) in [4.78, 5) is 28.9. The molecule has 2 amide bonds. The molecule has 1 aromatic heterocycles. The third-order valence-corrected chi connectivity index (χ3v) is 5.11. The minimum Gasteiger partial charge on any atom is -0.496 e. The molecular formula is C20H22N4O3S. The van der Waals surface area contributed by atoms with Crippen molar-refractivity contribution in [2.75, 3.05) is 12.4 Å². The number of fused-ring (bicyclic) bond motifs is 1. The van der Waals surface area contributed by atoms with Gasteiger partial charge in [-0.25, -0.2) is 4.98 Å². The molecule has 2 aromatic carbocycles. The van der Waals surface area contributed by atoms with Gasteiger partial charge < -0.3 is 10.1 Å². The van der Waals surface area contributed by atoms with Crippen LogP contribution in [0.4, 0.5) is 5.13 Å². The number of aryl methyl sites for hydroxylation is 1. The molecule has 0 bridgehead atoms. The number of aromatic nitrogens is 1. The first-order chi connectivity index (χ1) is 13.5. The van der Waals surface area contributed by atoms with Crippen LogP contribution in [0.25, 0.3) is 10.2 Å². The number of benzene rings is 2. The van der Waals surface area contributed by atoms with E-state index in [0.29, 0.717) is 10.9 Å². The highest BCUT2D eigenvalue weighted by Gasteiger charge is 2.16. The van der Waals surface area contributed by atoms with Crippen LogP contribution < -0.4 is 20.9 Å². The molecule has 0 saturated heterocycles. The molecule has 3 rings (SSSR count). The number of nitrogens with zero attached hydrogens (tertiary/aromatic N) is 1. The number of carbonyl (C=O) groups is 2. The van der Waals surface area contributed by atoms with Gasteiger partial charge in [-0.1, -0.05) is 41.2 Å². The summed E-state index contributed by atoms with van der Waals surface area (Å²) in [7, 11) is 1.56. The van der Waals surface area contributed by atoms with Gasteiger partial charge in [0.1, 0.15) is 11.8 Å². The number of hydrazine groups is 1. The predicted octanol–water partition coefficient (Wildman–Crippen LogP) is 2.80. The zero-order valence-corrected chi connectivity index (χ0v) is 16.7. The van der Waals surface area contributed by atoms with Crippen LogP contribution in [0.1, 0.15) is 18.1 Å². The summed E-state index contributed by atoms with van der Waals surface area (Å²) in [6.07, 6.45) is 0.102. The number of hydrogen-bond donors (Lipinski definition) is 3. The number of nitrogens with one attached hydrogen (secondary N) is 3. The minimum atomic E-state index is -0.561. The van der Waals surface area contributed by atoms with Crippen LogP contribution in [-0.4, -0.2) is 29.9 Å². The summed E-state index contributed by atoms with van der Waals surface area (Å²) < 4.78 is 6.31. The Labute approximate surface area is 167 Å². The lowest BCUT2D eigenvalue weighted by Crippen LogP contribution is -2.48. The SMILES string of the molecule is COc1ccc(C)cc1CC(=O)NNC(=O)[C@@H](C)Nc1nc2ccccc2s1. The van der Waals surface area contributed by atoms with Crippen molar-refractivity contribution in [1.82, 2.24) is 15.8 Å². The number of anilines is 1. The lowest BCUT2D eigenvalue weighted by Gasteiger charge is -2.14. The molecule has 7 nitrogen and oxygen atoms in total. The van der Waals surface area contributed by atoms with Crippen molar-refractivity contribution in [3.8, 4) is 5.75 Å². The van der Waals surface area contributed by atoms with Crippen LogP contribution >= 0.6 is 11.3 Å². The molecule has 0 aliphatic carbocycles. The van der Waals surface area contributed by atoms with Crippen molar-refractivity contribution >= 4 is 38.5 Å². The van der Waals surface area contributed by atoms with Crippen LogP contribution in [-0.2, 0) is 16.0 Å². The fourth-order valence-electron chi connectivity index (χ4n) is 2.69. The summed E-state index contributed by atoms with van der Waals surface area (Å²) in [6.45, 7) is 3.65. The molecule has 0 spiro atoms. The zero-order valence-electron chi connectivity index (χ0n) is 15.9. The van der Waals surface area contributed by atoms with Gasteiger partial charge in [-0.3, -0.25) is 20.4 Å². The molecular weight excluding hydrogens is 376 g/mol. The number of thiazole rings is 1. The Bertz CT molecular complexity index is 969. The van der Waals surface area contributed by atoms with Crippen molar-refractivity contribution in [2.45, 2.75) is 26.3 Å². The zero-order chi connectivity index (χ0) is 20.1. The monoisotopic (exact) mass is 398 g/mol. The van der Waals surface area contributed by atoms with E-state index in [1.807, 2.05) is 49.4 Å². The van der Waals surface area contributed by atoms with E-state index in [1.54, 1.807) is 14.0 Å². The van der Waals surface area contributed by atoms with Gasteiger partial charge in [-0.2, -0.15) is 0 Å². The first-order valence-electron chi connectivity index (χ1n) is 8.80. The summed E-state index contributed by atoms with van der Waals surface area (Å²) in [5, 5.41) is 3.71. The standard InChI is InChI=1S/C20H22N4O3S/c1-12-8-9-16(27-3)14(10-12)11-18(25)23-24-19(26)13(2)21-20-22-15-6-4-5-7-17(15)28-20/h4-10,13H,11H2,1-3H3,(H,21,22)(H,23,25)(H,24,26)/t13-/m1/s1. The van der Waals surface area contributed by atoms with Gasteiger partial charge in [0.2, 0.25) is 5.91 Å². The van der Waals surface area contributed by atoms with E-state index in [9.17, 15) is 9.59 Å². The molecule has 0 unspecified atom stereocenters. The van der Waals surface area contributed by atoms with E-state index >= 15 is 0 Å². The Morgan fingerprint density at radius 1 is 1.18 bits per heavy atom. The highest BCUT2D eigenvalue weighted by molar-refractivity contribution is 7.22. The Morgan fingerprint density at radius 3 is 2.71 bits per heavy atom. The Morgan fingerprint density at radius 2 is 1.96 bits per heavy atom. The summed E-state index contributed by atoms with van der Waals surface area (Å²) in [6, 6.07) is 12.8. The van der Waals surface area contributed by atoms with E-state index in [-0.39, 0.29) is 18.2 Å². The van der Waals surface area contributed by atoms with Crippen molar-refractivity contribution in [1.29, 1.82) is 0 Å². The Hall–Kier alpha value is -3.13. The molecule has 3 aromatic rings. The lowest BCUT2D eigenvalue weighted by atomic mass is 10.1. The maximum atomic E-state index is 12.3. The number of carbonyl (C=O) groups excluding carboxylic acids is 2. The first kappa shape index (κ1) is 19.6. The van der Waals surface area contributed by atoms with Crippen molar-refractivity contribution in [3.63, 3.8) is 0 Å². The minimum absolute atomic E-state index is 0.102. The quantitative estimate of drug-likeness (QED) is 0.555. The number of methoxy groups -OCH3 is 1. The number of hydrogen-bond acceptors (Lipinski definition) is 6. The van der Waals surface area contributed by atoms with Crippen molar-refractivity contribution < 1.29 is 14.3 Å². The summed E-state index contributed by atoms with van der Waals surface area (Å²) >= 11 is 1.47. The molecule has 146 valence electrons. The summed E-state index contributed by atoms with van der Waals surface area (Å²) in [5.41, 5.74) is 7.55. The predicted molar refractivity (Wildman–Crippen MR) is 110 cm³/mol. The second-order valence-corrected chi connectivity index (χ2v) is 7.41. The van der Waals surface area contributed by atoms with E-state index in [1.165, 1.54) is 11.3 Å². The van der Waals surface area contributed by atoms with Crippen molar-refractivity contribution in [2.24, 2.45) is 0 Å². The average molecular weight is 398 g/mol. The van der Waals surface area contributed by atoms with Gasteiger partial charge >= 0.3 is 0 Å². The molecule has 0 aliphatic heterocycles. The molecule has 0 aliphatic rings. The van der Waals surface area contributed by atoms with Gasteiger partial charge in [-0.15, -0.1) is 0 Å². The smallest absolute Gasteiger partial charge is 0.260 e. The fourth-order valence-corrected chi connectivity index (χ4v) is 3.64. The van der Waals surface area contributed by atoms with Gasteiger partial charge in [-0.05, 0) is 32.0 Å². The Balaban J connectivity index is 1.53. The normalized spacial score (nSPS) is 11.7. The first-order valence-corrected chi connectivity index (χ1v) is 9.62. The third-order valence-electron chi connectivity index (χ3n) is 4.14.